The van der Waals surface area contributed by atoms with Crippen molar-refractivity contribution >= 4 is 11.5 Å². The number of aromatic nitrogens is 2. The van der Waals surface area contributed by atoms with E-state index in [9.17, 15) is 10.1 Å². The zero-order chi connectivity index (χ0) is 16.9. The van der Waals surface area contributed by atoms with Crippen molar-refractivity contribution in [3.8, 4) is 11.6 Å². The Hall–Kier alpha value is -2.70. The van der Waals surface area contributed by atoms with Crippen LogP contribution in [0.4, 0.5) is 11.5 Å². The monoisotopic (exact) mass is 328 g/mol. The summed E-state index contributed by atoms with van der Waals surface area (Å²) < 4.78 is 5.68. The summed E-state index contributed by atoms with van der Waals surface area (Å²) in [5.74, 6) is 0.855. The topological polar surface area (TPSA) is 81.4 Å². The predicted molar refractivity (Wildman–Crippen MR) is 90.6 cm³/mol. The molecule has 2 aromatic rings. The van der Waals surface area contributed by atoms with Crippen molar-refractivity contribution in [1.82, 2.24) is 9.97 Å². The molecule has 0 atom stereocenters. The fourth-order valence-corrected chi connectivity index (χ4v) is 2.83. The van der Waals surface area contributed by atoms with Crippen molar-refractivity contribution in [2.75, 3.05) is 18.0 Å². The van der Waals surface area contributed by atoms with Crippen molar-refractivity contribution in [2.45, 2.75) is 32.6 Å². The van der Waals surface area contributed by atoms with Crippen LogP contribution in [0.25, 0.3) is 0 Å². The second-order valence-electron chi connectivity index (χ2n) is 5.76. The number of anilines is 1. The smallest absolute Gasteiger partial charge is 0.373 e. The van der Waals surface area contributed by atoms with Crippen LogP contribution in [0.1, 0.15) is 31.7 Å². The van der Waals surface area contributed by atoms with E-state index in [1.54, 1.807) is 12.1 Å². The van der Waals surface area contributed by atoms with Crippen LogP contribution in [0.5, 0.6) is 11.6 Å². The summed E-state index contributed by atoms with van der Waals surface area (Å²) in [5, 5.41) is 11.6. The van der Waals surface area contributed by atoms with Gasteiger partial charge in [0.2, 0.25) is 5.82 Å². The predicted octanol–water partition coefficient (Wildman–Crippen LogP) is 3.73. The van der Waals surface area contributed by atoms with Crippen LogP contribution >= 0.6 is 0 Å². The molecule has 2 heterocycles. The highest BCUT2D eigenvalue weighted by molar-refractivity contribution is 5.63. The Kier molecular flexibility index (Phi) is 4.88. The van der Waals surface area contributed by atoms with E-state index in [1.165, 1.54) is 11.9 Å². The number of nitro groups is 1. The number of hydrogen-bond donors (Lipinski definition) is 0. The largest absolute Gasteiger partial charge is 0.434 e. The SMILES string of the molecule is CCc1ccc(Oc2ncnc(N3CCCCC3)c2[N+](=O)[O-])cc1. The van der Waals surface area contributed by atoms with E-state index in [-0.39, 0.29) is 11.6 Å². The van der Waals surface area contributed by atoms with Gasteiger partial charge in [-0.2, -0.15) is 4.98 Å². The van der Waals surface area contributed by atoms with E-state index in [2.05, 4.69) is 16.9 Å². The highest BCUT2D eigenvalue weighted by atomic mass is 16.6. The number of hydrogen-bond acceptors (Lipinski definition) is 6. The molecule has 24 heavy (non-hydrogen) atoms. The molecule has 0 spiro atoms. The molecule has 0 radical (unpaired) electrons. The number of rotatable bonds is 5. The van der Waals surface area contributed by atoms with E-state index in [0.29, 0.717) is 11.6 Å². The Bertz CT molecular complexity index is 712. The number of ether oxygens (including phenoxy) is 1. The van der Waals surface area contributed by atoms with Gasteiger partial charge >= 0.3 is 11.6 Å². The van der Waals surface area contributed by atoms with Gasteiger partial charge in [0.25, 0.3) is 0 Å². The second kappa shape index (κ2) is 7.25. The van der Waals surface area contributed by atoms with Gasteiger partial charge in [0.05, 0.1) is 4.92 Å². The van der Waals surface area contributed by atoms with Crippen LogP contribution in [-0.2, 0) is 6.42 Å². The van der Waals surface area contributed by atoms with Crippen molar-refractivity contribution in [1.29, 1.82) is 0 Å². The van der Waals surface area contributed by atoms with Gasteiger partial charge in [-0.15, -0.1) is 0 Å². The summed E-state index contributed by atoms with van der Waals surface area (Å²) in [6, 6.07) is 7.47. The summed E-state index contributed by atoms with van der Waals surface area (Å²) in [7, 11) is 0. The molecule has 7 heteroatoms. The van der Waals surface area contributed by atoms with Crippen LogP contribution in [-0.4, -0.2) is 28.0 Å². The van der Waals surface area contributed by atoms with Crippen LogP contribution in [0.15, 0.2) is 30.6 Å². The Morgan fingerprint density at radius 1 is 1.17 bits per heavy atom. The molecule has 0 bridgehead atoms. The lowest BCUT2D eigenvalue weighted by Crippen LogP contribution is -2.30. The van der Waals surface area contributed by atoms with E-state index in [1.807, 2.05) is 17.0 Å². The third-order valence-corrected chi connectivity index (χ3v) is 4.15. The molecule has 7 nitrogen and oxygen atoms in total. The fraction of sp³-hybridized carbons (Fsp3) is 0.412. The molecule has 0 saturated carbocycles. The summed E-state index contributed by atoms with van der Waals surface area (Å²) in [4.78, 5) is 21.2. The van der Waals surface area contributed by atoms with Gasteiger partial charge in [0.1, 0.15) is 12.1 Å². The number of nitrogens with zero attached hydrogens (tertiary/aromatic N) is 4. The molecule has 0 N–H and O–H groups in total. The van der Waals surface area contributed by atoms with Crippen molar-refractivity contribution in [3.63, 3.8) is 0 Å². The number of benzene rings is 1. The zero-order valence-electron chi connectivity index (χ0n) is 13.6. The number of aryl methyl sites for hydroxylation is 1. The van der Waals surface area contributed by atoms with E-state index >= 15 is 0 Å². The molecule has 126 valence electrons. The number of piperidine rings is 1. The minimum absolute atomic E-state index is 0.0141. The summed E-state index contributed by atoms with van der Waals surface area (Å²) in [6.07, 6.45) is 5.41. The average Bonchev–Trinajstić information content (AvgIpc) is 2.62. The minimum Gasteiger partial charge on any atom is -0.434 e. The quantitative estimate of drug-likeness (QED) is 0.614. The highest BCUT2D eigenvalue weighted by Crippen LogP contribution is 2.36. The first-order valence-electron chi connectivity index (χ1n) is 8.20. The molecular weight excluding hydrogens is 308 g/mol. The Morgan fingerprint density at radius 3 is 2.50 bits per heavy atom. The molecule has 1 aliphatic heterocycles. The fourth-order valence-electron chi connectivity index (χ4n) is 2.83. The Labute approximate surface area is 140 Å². The summed E-state index contributed by atoms with van der Waals surface area (Å²) >= 11 is 0. The van der Waals surface area contributed by atoms with E-state index < -0.39 is 4.92 Å². The van der Waals surface area contributed by atoms with Gasteiger partial charge in [-0.1, -0.05) is 19.1 Å². The van der Waals surface area contributed by atoms with E-state index in [0.717, 1.165) is 38.8 Å². The third kappa shape index (κ3) is 3.45. The lowest BCUT2D eigenvalue weighted by molar-refractivity contribution is -0.385. The molecule has 0 unspecified atom stereocenters. The van der Waals surface area contributed by atoms with Crippen molar-refractivity contribution in [2.24, 2.45) is 0 Å². The van der Waals surface area contributed by atoms with Gasteiger partial charge in [0, 0.05) is 13.1 Å². The van der Waals surface area contributed by atoms with Gasteiger partial charge in [0.15, 0.2) is 0 Å². The highest BCUT2D eigenvalue weighted by Gasteiger charge is 2.29. The maximum absolute atomic E-state index is 11.6. The van der Waals surface area contributed by atoms with E-state index in [4.69, 9.17) is 4.74 Å². The molecule has 3 rings (SSSR count). The Balaban J connectivity index is 1.92. The van der Waals surface area contributed by atoms with Gasteiger partial charge in [-0.05, 0) is 43.4 Å². The van der Waals surface area contributed by atoms with Crippen LogP contribution in [0.3, 0.4) is 0 Å². The van der Waals surface area contributed by atoms with Gasteiger partial charge in [-0.25, -0.2) is 4.98 Å². The molecular formula is C17H20N4O3. The third-order valence-electron chi connectivity index (χ3n) is 4.15. The average molecular weight is 328 g/mol. The standard InChI is InChI=1S/C17H20N4O3/c1-2-13-6-8-14(9-7-13)24-17-15(21(22)23)16(18-12-19-17)20-10-4-3-5-11-20/h6-9,12H,2-5,10-11H2,1H3. The minimum atomic E-state index is -0.459. The van der Waals surface area contributed by atoms with Crippen LogP contribution < -0.4 is 9.64 Å². The molecule has 0 aliphatic carbocycles. The molecule has 0 amide bonds. The first-order valence-corrected chi connectivity index (χ1v) is 8.20. The van der Waals surface area contributed by atoms with Crippen LogP contribution in [0.2, 0.25) is 0 Å². The van der Waals surface area contributed by atoms with Crippen molar-refractivity contribution in [3.05, 3.63) is 46.3 Å². The zero-order valence-corrected chi connectivity index (χ0v) is 13.6. The van der Waals surface area contributed by atoms with Gasteiger partial charge < -0.3 is 9.64 Å². The van der Waals surface area contributed by atoms with Crippen molar-refractivity contribution < 1.29 is 9.66 Å². The second-order valence-corrected chi connectivity index (χ2v) is 5.76. The summed E-state index contributed by atoms with van der Waals surface area (Å²) in [5.41, 5.74) is 1.01. The molecule has 1 aromatic carbocycles. The molecule has 1 fully saturated rings. The maximum Gasteiger partial charge on any atom is 0.373 e. The van der Waals surface area contributed by atoms with Gasteiger partial charge in [-0.3, -0.25) is 10.1 Å². The Morgan fingerprint density at radius 2 is 1.88 bits per heavy atom. The molecule has 1 aliphatic rings. The normalized spacial score (nSPS) is 14.5. The first kappa shape index (κ1) is 16.2. The first-order chi connectivity index (χ1) is 11.7. The lowest BCUT2D eigenvalue weighted by atomic mass is 10.1. The summed E-state index contributed by atoms with van der Waals surface area (Å²) in [6.45, 7) is 3.60. The molecule has 1 aromatic heterocycles. The molecule has 1 saturated heterocycles. The maximum atomic E-state index is 11.6. The van der Waals surface area contributed by atoms with Crippen LogP contribution in [0, 0.1) is 10.1 Å². The lowest BCUT2D eigenvalue weighted by Gasteiger charge is -2.27.